The van der Waals surface area contributed by atoms with Crippen LogP contribution in [0.2, 0.25) is 0 Å². The summed E-state index contributed by atoms with van der Waals surface area (Å²) in [6.45, 7) is 6.46. The third-order valence-electron chi connectivity index (χ3n) is 3.12. The van der Waals surface area contributed by atoms with Crippen LogP contribution in [0.25, 0.3) is 11.5 Å². The Kier molecular flexibility index (Phi) is 3.48. The van der Waals surface area contributed by atoms with Gasteiger partial charge in [-0.1, -0.05) is 25.9 Å². The molecule has 0 atom stereocenters. The fourth-order valence-electron chi connectivity index (χ4n) is 1.85. The molecule has 3 rings (SSSR count). The highest BCUT2D eigenvalue weighted by Gasteiger charge is 2.23. The third kappa shape index (κ3) is 2.88. The van der Waals surface area contributed by atoms with Gasteiger partial charge in [0.15, 0.2) is 11.5 Å². The first-order valence-electron chi connectivity index (χ1n) is 6.98. The molecule has 7 heteroatoms. The molecule has 0 spiro atoms. The number of amides is 1. The second kappa shape index (κ2) is 5.32. The van der Waals surface area contributed by atoms with E-state index in [1.54, 1.807) is 39.0 Å². The Balaban J connectivity index is 1.80. The van der Waals surface area contributed by atoms with Crippen molar-refractivity contribution in [1.82, 2.24) is 10.2 Å². The third-order valence-corrected chi connectivity index (χ3v) is 3.12. The highest BCUT2D eigenvalue weighted by Crippen LogP contribution is 2.34. The van der Waals surface area contributed by atoms with Crippen LogP contribution in [-0.4, -0.2) is 29.3 Å². The standard InChI is InChI=1S/C15H17N3O4/c1-15(2,3)13(19)16-14-18-17-12(22-14)9-4-5-10-11(8-9)21-7-6-20-10/h4-5,8H,6-7H2,1-3H3,(H,16,18,19). The fourth-order valence-corrected chi connectivity index (χ4v) is 1.85. The van der Waals surface area contributed by atoms with Crippen molar-refractivity contribution in [3.8, 4) is 23.0 Å². The Morgan fingerprint density at radius 3 is 2.59 bits per heavy atom. The number of benzene rings is 1. The molecule has 0 fully saturated rings. The van der Waals surface area contributed by atoms with Gasteiger partial charge < -0.3 is 13.9 Å². The van der Waals surface area contributed by atoms with E-state index in [1.165, 1.54) is 0 Å². The second-order valence-electron chi connectivity index (χ2n) is 5.97. The Morgan fingerprint density at radius 2 is 1.86 bits per heavy atom. The number of nitrogens with one attached hydrogen (secondary N) is 1. The lowest BCUT2D eigenvalue weighted by molar-refractivity contribution is -0.123. The first-order chi connectivity index (χ1) is 10.4. The molecule has 2 heterocycles. The topological polar surface area (TPSA) is 86.5 Å². The van der Waals surface area contributed by atoms with Crippen molar-refractivity contribution in [1.29, 1.82) is 0 Å². The molecule has 0 radical (unpaired) electrons. The van der Waals surface area contributed by atoms with E-state index >= 15 is 0 Å². The summed E-state index contributed by atoms with van der Waals surface area (Å²) in [5, 5.41) is 10.4. The number of ether oxygens (including phenoxy) is 2. The summed E-state index contributed by atoms with van der Waals surface area (Å²) in [6, 6.07) is 5.44. The van der Waals surface area contributed by atoms with Crippen LogP contribution < -0.4 is 14.8 Å². The zero-order valence-electron chi connectivity index (χ0n) is 12.7. The van der Waals surface area contributed by atoms with E-state index in [0.717, 1.165) is 0 Å². The number of hydrogen-bond donors (Lipinski definition) is 1. The second-order valence-corrected chi connectivity index (χ2v) is 5.97. The minimum absolute atomic E-state index is 0.0739. The van der Waals surface area contributed by atoms with E-state index in [1.807, 2.05) is 0 Å². The predicted octanol–water partition coefficient (Wildman–Crippen LogP) is 2.49. The summed E-state index contributed by atoms with van der Waals surface area (Å²) in [7, 11) is 0. The molecular weight excluding hydrogens is 286 g/mol. The molecular formula is C15H17N3O4. The molecule has 1 N–H and O–H groups in total. The smallest absolute Gasteiger partial charge is 0.322 e. The van der Waals surface area contributed by atoms with Crippen molar-refractivity contribution in [3.63, 3.8) is 0 Å². The molecule has 0 saturated carbocycles. The predicted molar refractivity (Wildman–Crippen MR) is 78.8 cm³/mol. The summed E-state index contributed by atoms with van der Waals surface area (Å²) in [6.07, 6.45) is 0. The first-order valence-corrected chi connectivity index (χ1v) is 6.98. The van der Waals surface area contributed by atoms with Crippen molar-refractivity contribution < 1.29 is 18.7 Å². The lowest BCUT2D eigenvalue weighted by Gasteiger charge is -2.18. The molecule has 22 heavy (non-hydrogen) atoms. The number of fused-ring (bicyclic) bond motifs is 1. The van der Waals surface area contributed by atoms with Gasteiger partial charge in [0.25, 0.3) is 0 Å². The number of nitrogens with zero attached hydrogens (tertiary/aromatic N) is 2. The number of rotatable bonds is 2. The number of carbonyl (C=O) groups is 1. The Morgan fingerprint density at radius 1 is 1.14 bits per heavy atom. The number of anilines is 1. The summed E-state index contributed by atoms with van der Waals surface area (Å²) in [5.74, 6) is 1.45. The largest absolute Gasteiger partial charge is 0.486 e. The summed E-state index contributed by atoms with van der Waals surface area (Å²) in [4.78, 5) is 11.9. The van der Waals surface area contributed by atoms with Gasteiger partial charge in [0.2, 0.25) is 11.8 Å². The van der Waals surface area contributed by atoms with Crippen LogP contribution in [0.15, 0.2) is 22.6 Å². The van der Waals surface area contributed by atoms with Crippen molar-refractivity contribution in [2.45, 2.75) is 20.8 Å². The molecule has 1 aromatic heterocycles. The van der Waals surface area contributed by atoms with Gasteiger partial charge in [-0.3, -0.25) is 10.1 Å². The van der Waals surface area contributed by atoms with Crippen molar-refractivity contribution in [2.24, 2.45) is 5.41 Å². The molecule has 0 unspecified atom stereocenters. The van der Waals surface area contributed by atoms with E-state index in [-0.39, 0.29) is 11.9 Å². The highest BCUT2D eigenvalue weighted by molar-refractivity contribution is 5.92. The van der Waals surface area contributed by atoms with Gasteiger partial charge in [0.05, 0.1) is 0 Å². The average Bonchev–Trinajstić information content (AvgIpc) is 2.94. The molecule has 0 saturated heterocycles. The van der Waals surface area contributed by atoms with Gasteiger partial charge in [-0.2, -0.15) is 0 Å². The van der Waals surface area contributed by atoms with E-state index in [2.05, 4.69) is 15.5 Å². The maximum Gasteiger partial charge on any atom is 0.322 e. The first kappa shape index (κ1) is 14.4. The Bertz CT molecular complexity index is 703. The van der Waals surface area contributed by atoms with Gasteiger partial charge in [-0.15, -0.1) is 5.10 Å². The molecule has 116 valence electrons. The van der Waals surface area contributed by atoms with Crippen LogP contribution in [0.5, 0.6) is 11.5 Å². The maximum atomic E-state index is 11.9. The van der Waals surface area contributed by atoms with E-state index < -0.39 is 5.41 Å². The van der Waals surface area contributed by atoms with Crippen LogP contribution >= 0.6 is 0 Å². The molecule has 1 amide bonds. The Labute approximate surface area is 127 Å². The summed E-state index contributed by atoms with van der Waals surface area (Å²) in [5.41, 5.74) is 0.166. The lowest BCUT2D eigenvalue weighted by atomic mass is 9.96. The molecule has 2 aromatic rings. The van der Waals surface area contributed by atoms with Gasteiger partial charge in [0, 0.05) is 11.0 Å². The molecule has 1 aliphatic rings. The summed E-state index contributed by atoms with van der Waals surface area (Å²) >= 11 is 0. The summed E-state index contributed by atoms with van der Waals surface area (Å²) < 4.78 is 16.5. The number of carbonyl (C=O) groups excluding carboxylic acids is 1. The zero-order valence-corrected chi connectivity index (χ0v) is 12.7. The van der Waals surface area contributed by atoms with E-state index in [4.69, 9.17) is 13.9 Å². The van der Waals surface area contributed by atoms with Crippen molar-refractivity contribution >= 4 is 11.9 Å². The SMILES string of the molecule is CC(C)(C)C(=O)Nc1nnc(-c2ccc3c(c2)OCCO3)o1. The minimum Gasteiger partial charge on any atom is -0.486 e. The van der Waals surface area contributed by atoms with Crippen LogP contribution in [0.4, 0.5) is 6.01 Å². The molecule has 1 aromatic carbocycles. The van der Waals surface area contributed by atoms with Gasteiger partial charge >= 0.3 is 6.01 Å². The van der Waals surface area contributed by atoms with Crippen LogP contribution in [-0.2, 0) is 4.79 Å². The Hall–Kier alpha value is -2.57. The highest BCUT2D eigenvalue weighted by atomic mass is 16.6. The lowest BCUT2D eigenvalue weighted by Crippen LogP contribution is -2.27. The maximum absolute atomic E-state index is 11.9. The van der Waals surface area contributed by atoms with Gasteiger partial charge in [0.1, 0.15) is 13.2 Å². The molecule has 0 bridgehead atoms. The van der Waals surface area contributed by atoms with E-state index in [0.29, 0.717) is 36.2 Å². The quantitative estimate of drug-likeness (QED) is 0.917. The normalized spacial score (nSPS) is 13.8. The van der Waals surface area contributed by atoms with Crippen molar-refractivity contribution in [3.05, 3.63) is 18.2 Å². The fraction of sp³-hybridized carbons (Fsp3) is 0.400. The minimum atomic E-state index is -0.536. The number of hydrogen-bond acceptors (Lipinski definition) is 6. The van der Waals surface area contributed by atoms with Crippen LogP contribution in [0.1, 0.15) is 20.8 Å². The molecule has 1 aliphatic heterocycles. The van der Waals surface area contributed by atoms with Gasteiger partial charge in [-0.05, 0) is 18.2 Å². The molecule has 0 aliphatic carbocycles. The van der Waals surface area contributed by atoms with Crippen molar-refractivity contribution in [2.75, 3.05) is 18.5 Å². The zero-order chi connectivity index (χ0) is 15.7. The molecule has 7 nitrogen and oxygen atoms in total. The van der Waals surface area contributed by atoms with E-state index in [9.17, 15) is 4.79 Å². The monoisotopic (exact) mass is 303 g/mol. The van der Waals surface area contributed by atoms with Gasteiger partial charge in [-0.25, -0.2) is 0 Å². The number of aromatic nitrogens is 2. The average molecular weight is 303 g/mol. The van der Waals surface area contributed by atoms with Crippen LogP contribution in [0.3, 0.4) is 0 Å². The van der Waals surface area contributed by atoms with Crippen LogP contribution in [0, 0.1) is 5.41 Å².